The molecule has 0 spiro atoms. The van der Waals surface area contributed by atoms with Gasteiger partial charge in [0.25, 0.3) is 0 Å². The molecule has 0 radical (unpaired) electrons. The maximum atomic E-state index is 10.5. The van der Waals surface area contributed by atoms with E-state index in [-0.39, 0.29) is 103 Å². The van der Waals surface area contributed by atoms with Gasteiger partial charge in [-0.1, -0.05) is 0 Å². The van der Waals surface area contributed by atoms with Crippen LogP contribution in [0.1, 0.15) is 0 Å². The second-order valence-corrected chi connectivity index (χ2v) is 7.24. The molecule has 10 atom stereocenters. The van der Waals surface area contributed by atoms with Crippen molar-refractivity contribution in [1.82, 2.24) is 0 Å². The van der Waals surface area contributed by atoms with Crippen LogP contribution in [0.5, 0.6) is 0 Å². The summed E-state index contributed by atoms with van der Waals surface area (Å²) in [5.74, 6) is 0. The van der Waals surface area contributed by atoms with Crippen LogP contribution in [0.4, 0.5) is 0 Å². The van der Waals surface area contributed by atoms with Crippen LogP contribution in [0.15, 0.2) is 0 Å². The van der Waals surface area contributed by atoms with Crippen LogP contribution in [0.25, 0.3) is 0 Å². The Kier molecular flexibility index (Phi) is 15.2. The third-order valence-corrected chi connectivity index (χ3v) is 4.65. The summed E-state index contributed by atoms with van der Waals surface area (Å²) in [6.45, 7) is -1.75. The van der Waals surface area contributed by atoms with Crippen molar-refractivity contribution in [2.75, 3.05) is 13.2 Å². The van der Waals surface area contributed by atoms with Gasteiger partial charge in [0.1, 0.15) is 48.8 Å². The molecule has 29 heavy (non-hydrogen) atoms. The smallest absolute Gasteiger partial charge is 0.790 e. The molecule has 0 aromatic carbocycles. The van der Waals surface area contributed by atoms with Crippen LogP contribution in [-0.2, 0) is 23.3 Å². The van der Waals surface area contributed by atoms with Gasteiger partial charge in [-0.25, -0.2) is 0 Å². The van der Waals surface area contributed by atoms with Crippen molar-refractivity contribution < 1.29 is 172 Å². The fraction of sp³-hybridized carbons (Fsp3) is 1.00. The number of phosphoric ester groups is 1. The van der Waals surface area contributed by atoms with Gasteiger partial charge in [-0.15, -0.1) is 0 Å². The van der Waals surface area contributed by atoms with E-state index in [2.05, 4.69) is 4.52 Å². The fourth-order valence-corrected chi connectivity index (χ4v) is 2.97. The number of ether oxygens (including phenoxy) is 3. The zero-order chi connectivity index (χ0) is 20.5. The van der Waals surface area contributed by atoms with E-state index in [4.69, 9.17) is 19.3 Å². The van der Waals surface area contributed by atoms with Crippen molar-refractivity contribution in [3.63, 3.8) is 0 Å². The summed E-state index contributed by atoms with van der Waals surface area (Å²) in [6.07, 6.45) is -17.5. The topological polar surface area (TPSA) is 242 Å². The van der Waals surface area contributed by atoms with E-state index in [0.717, 1.165) is 0 Å². The second kappa shape index (κ2) is 13.8. The van der Waals surface area contributed by atoms with Crippen molar-refractivity contribution in [2.45, 2.75) is 61.4 Å². The standard InChI is InChI=1S/C12H23O14P.2K/c13-1-3-5(14)7(16)9(18)11(24-3)26-12-10(19)8(17)6(15)4(25-12)2-23-27(20,21)22;;/h3-19H,1-2H2,(H2,20,21,22);;/q;2*+1/p-2/t3-,4-,5-,6-,7+,8+,9-,10-,11-,12-;;/m1../s1. The number of hydrogen-bond donors (Lipinski definition) is 7. The molecule has 7 N–H and O–H groups in total. The van der Waals surface area contributed by atoms with E-state index >= 15 is 0 Å². The third-order valence-electron chi connectivity index (χ3n) is 4.18. The van der Waals surface area contributed by atoms with Gasteiger partial charge in [0.05, 0.1) is 21.0 Å². The molecule has 0 aromatic heterocycles. The van der Waals surface area contributed by atoms with Crippen LogP contribution in [-0.4, -0.2) is 110 Å². The van der Waals surface area contributed by atoms with Gasteiger partial charge < -0.3 is 68.8 Å². The fourth-order valence-electron chi connectivity index (χ4n) is 2.64. The molecule has 160 valence electrons. The van der Waals surface area contributed by atoms with Crippen molar-refractivity contribution in [3.8, 4) is 0 Å². The molecular weight excluding hydrogens is 477 g/mol. The number of phosphoric acid groups is 1. The predicted molar refractivity (Wildman–Crippen MR) is 75.1 cm³/mol. The van der Waals surface area contributed by atoms with Crippen molar-refractivity contribution >= 4 is 7.82 Å². The molecule has 14 nitrogen and oxygen atoms in total. The summed E-state index contributed by atoms with van der Waals surface area (Å²) in [6, 6.07) is 0. The van der Waals surface area contributed by atoms with Crippen LogP contribution in [0.3, 0.4) is 0 Å². The van der Waals surface area contributed by atoms with E-state index in [1.807, 2.05) is 0 Å². The van der Waals surface area contributed by atoms with Gasteiger partial charge in [-0.05, 0) is 0 Å². The minimum Gasteiger partial charge on any atom is -0.790 e. The summed E-state index contributed by atoms with van der Waals surface area (Å²) in [5.41, 5.74) is 0. The molecule has 2 aliphatic heterocycles. The Balaban J connectivity index is 0.00000392. The molecule has 0 saturated carbocycles. The molecular formula is C12H21K2O14P. The van der Waals surface area contributed by atoms with Gasteiger partial charge in [0, 0.05) is 0 Å². The van der Waals surface area contributed by atoms with Crippen LogP contribution in [0.2, 0.25) is 0 Å². The molecule has 17 heteroatoms. The molecule has 0 aromatic rings. The summed E-state index contributed by atoms with van der Waals surface area (Å²) in [7, 11) is -5.42. The molecule has 0 unspecified atom stereocenters. The van der Waals surface area contributed by atoms with Crippen LogP contribution < -0.4 is 113 Å². The first kappa shape index (κ1) is 32.0. The van der Waals surface area contributed by atoms with Gasteiger partial charge >= 0.3 is 103 Å². The SMILES string of the molecule is O=P([O-])([O-])OC[C@H]1O[C@H](O[C@H]2O[C@H](CO)[C@@H](O)[C@H](O)[C@H]2O)[C@H](O)[C@@H](O)[C@@H]1O.[K+].[K+]. The molecule has 2 aliphatic rings. The van der Waals surface area contributed by atoms with E-state index in [1.165, 1.54) is 0 Å². The molecule has 0 bridgehead atoms. The predicted octanol–water partition coefficient (Wildman–Crippen LogP) is -12.5. The zero-order valence-corrected chi connectivity index (χ0v) is 22.8. The van der Waals surface area contributed by atoms with Crippen LogP contribution in [0, 0.1) is 0 Å². The Morgan fingerprint density at radius 1 is 0.759 bits per heavy atom. The second-order valence-electron chi connectivity index (χ2n) is 6.09. The molecule has 0 aliphatic carbocycles. The Bertz CT molecular complexity index is 537. The molecule has 2 rings (SSSR count). The minimum atomic E-state index is -5.42. The Morgan fingerprint density at radius 3 is 1.59 bits per heavy atom. The first-order valence-corrected chi connectivity index (χ1v) is 9.24. The number of aliphatic hydroxyl groups is 7. The Labute approximate surface area is 250 Å². The Morgan fingerprint density at radius 2 is 1.17 bits per heavy atom. The molecule has 0 amide bonds. The molecule has 2 heterocycles. The molecule has 2 fully saturated rings. The van der Waals surface area contributed by atoms with E-state index in [1.54, 1.807) is 0 Å². The summed E-state index contributed by atoms with van der Waals surface area (Å²) in [5, 5.41) is 68.0. The average molecular weight is 498 g/mol. The Hall–Kier alpha value is 2.98. The van der Waals surface area contributed by atoms with Gasteiger partial charge in [-0.2, -0.15) is 0 Å². The van der Waals surface area contributed by atoms with Gasteiger partial charge in [-0.3, -0.25) is 0 Å². The summed E-state index contributed by atoms with van der Waals surface area (Å²) >= 11 is 0. The van der Waals surface area contributed by atoms with E-state index in [9.17, 15) is 45.0 Å². The maximum Gasteiger partial charge on any atom is 1.00 e. The first-order valence-electron chi connectivity index (χ1n) is 7.78. The number of aliphatic hydroxyl groups excluding tert-OH is 7. The van der Waals surface area contributed by atoms with Crippen LogP contribution >= 0.6 is 7.82 Å². The van der Waals surface area contributed by atoms with E-state index < -0.39 is 82.4 Å². The third kappa shape index (κ3) is 8.61. The molecule has 2 saturated heterocycles. The normalized spacial score (nSPS) is 43.2. The van der Waals surface area contributed by atoms with Gasteiger partial charge in [0.15, 0.2) is 12.6 Å². The number of hydrogen-bond acceptors (Lipinski definition) is 14. The summed E-state index contributed by atoms with van der Waals surface area (Å²) < 4.78 is 29.7. The minimum absolute atomic E-state index is 0. The summed E-state index contributed by atoms with van der Waals surface area (Å²) in [4.78, 5) is 21.1. The first-order chi connectivity index (χ1) is 12.5. The van der Waals surface area contributed by atoms with Crippen molar-refractivity contribution in [2.24, 2.45) is 0 Å². The van der Waals surface area contributed by atoms with Crippen molar-refractivity contribution in [3.05, 3.63) is 0 Å². The quantitative estimate of drug-likeness (QED) is 0.133. The maximum absolute atomic E-state index is 10.5. The van der Waals surface area contributed by atoms with Crippen molar-refractivity contribution in [1.29, 1.82) is 0 Å². The monoisotopic (exact) mass is 498 g/mol. The average Bonchev–Trinajstić information content (AvgIpc) is 2.60. The number of rotatable bonds is 6. The zero-order valence-electron chi connectivity index (χ0n) is 15.6. The van der Waals surface area contributed by atoms with Gasteiger partial charge in [0.2, 0.25) is 0 Å². The van der Waals surface area contributed by atoms with E-state index in [0.29, 0.717) is 0 Å². The largest absolute Gasteiger partial charge is 1.00 e.